The Kier molecular flexibility index (Phi) is 10.0. The number of unbranched alkanes of at least 4 members (excludes halogenated alkanes) is 4. The molecule has 6 heteroatoms. The van der Waals surface area contributed by atoms with Crippen LogP contribution in [0.3, 0.4) is 0 Å². The third-order valence-electron chi connectivity index (χ3n) is 4.04. The maximum Gasteiger partial charge on any atom is 0.276 e. The Labute approximate surface area is 145 Å². The van der Waals surface area contributed by atoms with Gasteiger partial charge in [-0.25, -0.2) is 3.63 Å². The van der Waals surface area contributed by atoms with E-state index in [0.29, 0.717) is 12.8 Å². The molecule has 0 aromatic carbocycles. The molecule has 0 radical (unpaired) electrons. The Morgan fingerprint density at radius 1 is 0.957 bits per heavy atom. The molecular formula is C17H36O4S2. The summed E-state index contributed by atoms with van der Waals surface area (Å²) < 4.78 is 29.7. The monoisotopic (exact) mass is 368 g/mol. The van der Waals surface area contributed by atoms with Crippen molar-refractivity contribution < 1.29 is 16.8 Å². The van der Waals surface area contributed by atoms with Crippen molar-refractivity contribution in [1.82, 2.24) is 0 Å². The van der Waals surface area contributed by atoms with E-state index in [1.807, 2.05) is 34.0 Å². The number of carbonyl (C=O) groups is 1. The number of rotatable bonds is 12. The molecule has 0 bridgehead atoms. The lowest BCUT2D eigenvalue weighted by Crippen LogP contribution is -2.33. The zero-order valence-electron chi connectivity index (χ0n) is 15.8. The minimum atomic E-state index is -3.57. The average Bonchev–Trinajstić information content (AvgIpc) is 2.39. The number of Topliss-reactive ketones (excluding diaryl/α,β-unsaturated/α-hetero) is 1. The fourth-order valence-electron chi connectivity index (χ4n) is 2.05. The summed E-state index contributed by atoms with van der Waals surface area (Å²) in [6.07, 6.45) is 7.97. The highest BCUT2D eigenvalue weighted by molar-refractivity contribution is 8.33. The molecule has 0 aromatic heterocycles. The number of ketones is 1. The predicted molar refractivity (Wildman–Crippen MR) is 102 cm³/mol. The Bertz CT molecular complexity index is 452. The Balaban J connectivity index is 4.89. The maximum absolute atomic E-state index is 12.3. The van der Waals surface area contributed by atoms with Gasteiger partial charge >= 0.3 is 0 Å². The molecule has 0 fully saturated rings. The van der Waals surface area contributed by atoms with Crippen LogP contribution in [0, 0.1) is 0 Å². The first kappa shape index (κ1) is 22.9. The van der Waals surface area contributed by atoms with Gasteiger partial charge < -0.3 is 0 Å². The summed E-state index contributed by atoms with van der Waals surface area (Å²) in [6, 6.07) is 0. The Morgan fingerprint density at radius 2 is 1.52 bits per heavy atom. The van der Waals surface area contributed by atoms with E-state index in [9.17, 15) is 13.2 Å². The SMILES string of the molecule is CCCCCCC(=O)CS(C)(OS(=O)(=O)CCCC)C(C)(C)C. The van der Waals surface area contributed by atoms with Crippen molar-refractivity contribution in [2.45, 2.75) is 84.3 Å². The fraction of sp³-hybridized carbons (Fsp3) is 0.941. The summed E-state index contributed by atoms with van der Waals surface area (Å²) in [5.41, 5.74) is 0. The van der Waals surface area contributed by atoms with E-state index in [-0.39, 0.29) is 22.0 Å². The maximum atomic E-state index is 12.3. The van der Waals surface area contributed by atoms with Crippen molar-refractivity contribution in [3.8, 4) is 0 Å². The first-order chi connectivity index (χ1) is 10.5. The van der Waals surface area contributed by atoms with Crippen molar-refractivity contribution in [3.05, 3.63) is 0 Å². The highest BCUT2D eigenvalue weighted by Crippen LogP contribution is 2.58. The molecule has 0 heterocycles. The lowest BCUT2D eigenvalue weighted by atomic mass is 10.1. The molecule has 0 rings (SSSR count). The van der Waals surface area contributed by atoms with Crippen molar-refractivity contribution in [1.29, 1.82) is 0 Å². The van der Waals surface area contributed by atoms with E-state index in [1.165, 1.54) is 0 Å². The highest BCUT2D eigenvalue weighted by Gasteiger charge is 2.39. The first-order valence-electron chi connectivity index (χ1n) is 8.68. The van der Waals surface area contributed by atoms with Gasteiger partial charge in [-0.2, -0.15) is 8.42 Å². The summed E-state index contributed by atoms with van der Waals surface area (Å²) in [4.78, 5) is 12.3. The molecule has 0 saturated carbocycles. The summed E-state index contributed by atoms with van der Waals surface area (Å²) in [6.45, 7) is 9.97. The smallest absolute Gasteiger partial charge is 0.276 e. The van der Waals surface area contributed by atoms with Gasteiger partial charge in [-0.05, 0) is 19.1 Å². The topological polar surface area (TPSA) is 60.4 Å². The Morgan fingerprint density at radius 3 is 2.00 bits per heavy atom. The molecule has 23 heavy (non-hydrogen) atoms. The van der Waals surface area contributed by atoms with Crippen LogP contribution in [0.2, 0.25) is 0 Å². The summed E-state index contributed by atoms with van der Waals surface area (Å²) in [5.74, 6) is 0.389. The lowest BCUT2D eigenvalue weighted by Gasteiger charge is -2.45. The van der Waals surface area contributed by atoms with Crippen LogP contribution >= 0.6 is 10.3 Å². The van der Waals surface area contributed by atoms with E-state index >= 15 is 0 Å². The van der Waals surface area contributed by atoms with E-state index in [0.717, 1.165) is 32.1 Å². The second-order valence-corrected chi connectivity index (χ2v) is 12.9. The van der Waals surface area contributed by atoms with Crippen molar-refractivity contribution in [3.63, 3.8) is 0 Å². The normalized spacial score (nSPS) is 16.8. The van der Waals surface area contributed by atoms with Crippen LogP contribution in [-0.2, 0) is 18.5 Å². The quantitative estimate of drug-likeness (QED) is 0.463. The van der Waals surface area contributed by atoms with E-state index in [2.05, 4.69) is 6.92 Å². The first-order valence-corrected chi connectivity index (χ1v) is 12.4. The number of hydrogen-bond acceptors (Lipinski definition) is 4. The molecule has 140 valence electrons. The van der Waals surface area contributed by atoms with Gasteiger partial charge in [0.1, 0.15) is 5.78 Å². The Hall–Kier alpha value is -0.0700. The number of hydrogen-bond donors (Lipinski definition) is 0. The second kappa shape index (κ2) is 10.0. The van der Waals surface area contributed by atoms with Gasteiger partial charge in [0, 0.05) is 11.2 Å². The fourth-order valence-corrected chi connectivity index (χ4v) is 7.00. The molecule has 0 aliphatic carbocycles. The summed E-state index contributed by atoms with van der Waals surface area (Å²) in [7, 11) is -5.60. The molecule has 0 aromatic rings. The predicted octanol–water partition coefficient (Wildman–Crippen LogP) is 4.82. The third kappa shape index (κ3) is 9.11. The van der Waals surface area contributed by atoms with Gasteiger partial charge in [-0.1, -0.05) is 60.3 Å². The number of carbonyl (C=O) groups excluding carboxylic acids is 1. The van der Waals surface area contributed by atoms with Crippen LogP contribution in [0.1, 0.15) is 79.6 Å². The van der Waals surface area contributed by atoms with Gasteiger partial charge in [0.05, 0.1) is 11.5 Å². The molecule has 0 aliphatic rings. The van der Waals surface area contributed by atoms with E-state index in [1.54, 1.807) is 0 Å². The van der Waals surface area contributed by atoms with Crippen LogP contribution in [0.4, 0.5) is 0 Å². The molecule has 1 atom stereocenters. The molecule has 0 amide bonds. The van der Waals surface area contributed by atoms with Gasteiger partial charge in [-0.15, -0.1) is 10.3 Å². The standard InChI is InChI=1S/C17H36O4S2/c1-7-9-11-12-13-16(18)15-22(6,17(3,4)5)21-23(19,20)14-10-8-2/h7-15H2,1-6H3. The van der Waals surface area contributed by atoms with Crippen molar-refractivity contribution in [2.75, 3.05) is 17.8 Å². The van der Waals surface area contributed by atoms with Crippen LogP contribution < -0.4 is 0 Å². The molecule has 0 N–H and O–H groups in total. The van der Waals surface area contributed by atoms with Gasteiger partial charge in [-0.3, -0.25) is 4.79 Å². The van der Waals surface area contributed by atoms with E-state index < -0.39 is 20.4 Å². The van der Waals surface area contributed by atoms with Gasteiger partial charge in [0.2, 0.25) is 0 Å². The minimum absolute atomic E-state index is 0.0346. The second-order valence-electron chi connectivity index (χ2n) is 7.29. The van der Waals surface area contributed by atoms with Crippen LogP contribution in [0.25, 0.3) is 0 Å². The van der Waals surface area contributed by atoms with Crippen molar-refractivity contribution in [2.24, 2.45) is 0 Å². The molecule has 0 spiro atoms. The molecule has 0 aliphatic heterocycles. The zero-order chi connectivity index (χ0) is 18.1. The zero-order valence-corrected chi connectivity index (χ0v) is 17.4. The van der Waals surface area contributed by atoms with Gasteiger partial charge in [0.25, 0.3) is 10.1 Å². The third-order valence-corrected chi connectivity index (χ3v) is 10.3. The molecular weight excluding hydrogens is 332 g/mol. The minimum Gasteiger partial charge on any atom is -0.299 e. The van der Waals surface area contributed by atoms with Crippen LogP contribution in [0.15, 0.2) is 0 Å². The molecule has 1 unspecified atom stereocenters. The van der Waals surface area contributed by atoms with E-state index in [4.69, 9.17) is 3.63 Å². The lowest BCUT2D eigenvalue weighted by molar-refractivity contribution is -0.116. The van der Waals surface area contributed by atoms with Crippen LogP contribution in [0.5, 0.6) is 0 Å². The molecule has 0 saturated heterocycles. The highest BCUT2D eigenvalue weighted by atomic mass is 32.3. The summed E-state index contributed by atoms with van der Waals surface area (Å²) >= 11 is 0. The van der Waals surface area contributed by atoms with Gasteiger partial charge in [0.15, 0.2) is 0 Å². The summed E-state index contributed by atoms with van der Waals surface area (Å²) in [5, 5.41) is 0. The molecule has 4 nitrogen and oxygen atoms in total. The largest absolute Gasteiger partial charge is 0.299 e. The average molecular weight is 369 g/mol. The van der Waals surface area contributed by atoms with Crippen LogP contribution in [-0.4, -0.2) is 36.7 Å². The van der Waals surface area contributed by atoms with Crippen molar-refractivity contribution >= 4 is 26.2 Å².